The molecule has 25 heavy (non-hydrogen) atoms. The summed E-state index contributed by atoms with van der Waals surface area (Å²) in [7, 11) is 0. The SMILES string of the molecule is O=c1[nH]c2c3cc4c(cc3[nH]c2c2ccccc12)[nH]c1ccccc14. The number of fused-ring (bicyclic) bond motifs is 8. The van der Waals surface area contributed by atoms with Crippen LogP contribution >= 0.6 is 0 Å². The molecule has 6 rings (SSSR count). The summed E-state index contributed by atoms with van der Waals surface area (Å²) in [4.78, 5) is 22.5. The topological polar surface area (TPSA) is 64.4 Å². The van der Waals surface area contributed by atoms with Gasteiger partial charge in [0.25, 0.3) is 5.56 Å². The largest absolute Gasteiger partial charge is 0.354 e. The molecule has 3 N–H and O–H groups in total. The number of aromatic nitrogens is 3. The molecule has 0 saturated heterocycles. The van der Waals surface area contributed by atoms with Crippen LogP contribution in [0.1, 0.15) is 0 Å². The molecule has 0 bridgehead atoms. The summed E-state index contributed by atoms with van der Waals surface area (Å²) in [6.07, 6.45) is 0. The molecule has 4 heteroatoms. The van der Waals surface area contributed by atoms with Gasteiger partial charge in [0, 0.05) is 38.0 Å². The second-order valence-corrected chi connectivity index (χ2v) is 6.49. The van der Waals surface area contributed by atoms with E-state index in [0.717, 1.165) is 43.7 Å². The van der Waals surface area contributed by atoms with Gasteiger partial charge in [-0.15, -0.1) is 0 Å². The molecule has 6 aromatic rings. The number of hydrogen-bond donors (Lipinski definition) is 3. The van der Waals surface area contributed by atoms with Gasteiger partial charge in [0.05, 0.1) is 16.6 Å². The maximum atomic E-state index is 12.5. The first kappa shape index (κ1) is 12.8. The highest BCUT2D eigenvalue weighted by Gasteiger charge is 2.13. The lowest BCUT2D eigenvalue weighted by Crippen LogP contribution is -2.05. The van der Waals surface area contributed by atoms with Gasteiger partial charge < -0.3 is 15.0 Å². The van der Waals surface area contributed by atoms with E-state index in [9.17, 15) is 4.79 Å². The van der Waals surface area contributed by atoms with Crippen molar-refractivity contribution in [2.75, 3.05) is 0 Å². The molecule has 0 saturated carbocycles. The Morgan fingerprint density at radius 2 is 1.20 bits per heavy atom. The number of H-pyrrole nitrogens is 3. The van der Waals surface area contributed by atoms with Crippen LogP contribution < -0.4 is 5.56 Å². The third-order valence-corrected chi connectivity index (χ3v) is 5.10. The van der Waals surface area contributed by atoms with Gasteiger partial charge in [-0.05, 0) is 24.3 Å². The minimum absolute atomic E-state index is 0.0528. The predicted molar refractivity (Wildman–Crippen MR) is 103 cm³/mol. The first-order valence-electron chi connectivity index (χ1n) is 8.26. The molecule has 0 atom stereocenters. The van der Waals surface area contributed by atoms with Crippen molar-refractivity contribution >= 4 is 54.5 Å². The van der Waals surface area contributed by atoms with E-state index in [0.29, 0.717) is 5.39 Å². The standard InChI is InChI=1S/C21H13N3O/c25-21-13-7-2-1-6-12(13)19-20(24-21)15-9-14-11-5-3-4-8-16(11)22-17(14)10-18(15)23-19/h1-10,22-23H,(H,24,25). The van der Waals surface area contributed by atoms with E-state index in [1.54, 1.807) is 0 Å². The van der Waals surface area contributed by atoms with E-state index in [1.807, 2.05) is 36.4 Å². The number of nitrogens with one attached hydrogen (secondary N) is 3. The molecule has 3 heterocycles. The molecule has 3 aromatic carbocycles. The summed E-state index contributed by atoms with van der Waals surface area (Å²) in [5.74, 6) is 0. The Morgan fingerprint density at radius 3 is 2.08 bits per heavy atom. The van der Waals surface area contributed by atoms with Crippen LogP contribution in [0, 0.1) is 0 Å². The number of para-hydroxylation sites is 1. The average molecular weight is 323 g/mol. The summed E-state index contributed by atoms with van der Waals surface area (Å²) >= 11 is 0. The Hall–Kier alpha value is -3.53. The minimum Gasteiger partial charge on any atom is -0.354 e. The molecule has 0 radical (unpaired) electrons. The molecular weight excluding hydrogens is 310 g/mol. The molecule has 0 unspecified atom stereocenters. The summed E-state index contributed by atoms with van der Waals surface area (Å²) in [6.45, 7) is 0. The molecule has 0 spiro atoms. The summed E-state index contributed by atoms with van der Waals surface area (Å²) in [5, 5.41) is 5.05. The highest BCUT2D eigenvalue weighted by atomic mass is 16.1. The molecule has 0 aliphatic rings. The van der Waals surface area contributed by atoms with Crippen molar-refractivity contribution in [2.24, 2.45) is 0 Å². The second kappa shape index (κ2) is 4.30. The zero-order valence-electron chi connectivity index (χ0n) is 13.2. The molecule has 0 fully saturated rings. The van der Waals surface area contributed by atoms with Crippen molar-refractivity contribution < 1.29 is 0 Å². The highest BCUT2D eigenvalue weighted by molar-refractivity contribution is 6.19. The van der Waals surface area contributed by atoms with Crippen LogP contribution in [0.25, 0.3) is 54.5 Å². The van der Waals surface area contributed by atoms with Crippen molar-refractivity contribution in [1.82, 2.24) is 15.0 Å². The number of aromatic amines is 3. The maximum Gasteiger partial charge on any atom is 0.256 e. The molecular formula is C21H13N3O. The Bertz CT molecular complexity index is 1510. The zero-order chi connectivity index (χ0) is 16.5. The van der Waals surface area contributed by atoms with E-state index < -0.39 is 0 Å². The predicted octanol–water partition coefficient (Wildman–Crippen LogP) is 4.80. The highest BCUT2D eigenvalue weighted by Crippen LogP contribution is 2.33. The van der Waals surface area contributed by atoms with E-state index in [1.165, 1.54) is 5.39 Å². The number of pyridine rings is 1. The van der Waals surface area contributed by atoms with Gasteiger partial charge in [0.2, 0.25) is 0 Å². The van der Waals surface area contributed by atoms with Crippen molar-refractivity contribution in [3.05, 3.63) is 71.0 Å². The van der Waals surface area contributed by atoms with E-state index in [2.05, 4.69) is 39.2 Å². The minimum atomic E-state index is -0.0528. The van der Waals surface area contributed by atoms with E-state index in [-0.39, 0.29) is 5.56 Å². The van der Waals surface area contributed by atoms with Gasteiger partial charge in [-0.1, -0.05) is 36.4 Å². The molecule has 0 amide bonds. The number of benzene rings is 3. The normalized spacial score (nSPS) is 12.2. The molecule has 0 aliphatic heterocycles. The lowest BCUT2D eigenvalue weighted by molar-refractivity contribution is 1.35. The van der Waals surface area contributed by atoms with Gasteiger partial charge in [0.15, 0.2) is 0 Å². The monoisotopic (exact) mass is 323 g/mol. The fourth-order valence-corrected chi connectivity index (χ4v) is 3.95. The van der Waals surface area contributed by atoms with Crippen LogP contribution in [-0.2, 0) is 0 Å². The van der Waals surface area contributed by atoms with E-state index in [4.69, 9.17) is 0 Å². The number of hydrogen-bond acceptors (Lipinski definition) is 1. The smallest absolute Gasteiger partial charge is 0.256 e. The summed E-state index contributed by atoms with van der Waals surface area (Å²) in [6, 6.07) is 20.3. The van der Waals surface area contributed by atoms with Crippen molar-refractivity contribution in [1.29, 1.82) is 0 Å². The van der Waals surface area contributed by atoms with Crippen LogP contribution in [0.2, 0.25) is 0 Å². The fraction of sp³-hybridized carbons (Fsp3) is 0. The Morgan fingerprint density at radius 1 is 0.520 bits per heavy atom. The second-order valence-electron chi connectivity index (χ2n) is 6.49. The van der Waals surface area contributed by atoms with Crippen LogP contribution in [0.4, 0.5) is 0 Å². The van der Waals surface area contributed by atoms with Crippen LogP contribution in [0.15, 0.2) is 65.5 Å². The Balaban J connectivity index is 1.87. The molecule has 4 nitrogen and oxygen atoms in total. The van der Waals surface area contributed by atoms with Crippen LogP contribution in [-0.4, -0.2) is 15.0 Å². The van der Waals surface area contributed by atoms with Gasteiger partial charge in [0.1, 0.15) is 0 Å². The summed E-state index contributed by atoms with van der Waals surface area (Å²) < 4.78 is 0. The van der Waals surface area contributed by atoms with Crippen molar-refractivity contribution in [3.63, 3.8) is 0 Å². The maximum absolute atomic E-state index is 12.5. The molecule has 118 valence electrons. The van der Waals surface area contributed by atoms with E-state index >= 15 is 0 Å². The molecule has 3 aromatic heterocycles. The van der Waals surface area contributed by atoms with Gasteiger partial charge in [-0.2, -0.15) is 0 Å². The first-order valence-corrected chi connectivity index (χ1v) is 8.26. The third-order valence-electron chi connectivity index (χ3n) is 5.10. The third kappa shape index (κ3) is 1.58. The lowest BCUT2D eigenvalue weighted by atomic mass is 10.1. The van der Waals surface area contributed by atoms with Crippen LogP contribution in [0.3, 0.4) is 0 Å². The quantitative estimate of drug-likeness (QED) is 0.369. The van der Waals surface area contributed by atoms with Crippen molar-refractivity contribution in [2.45, 2.75) is 0 Å². The first-order chi connectivity index (χ1) is 12.3. The van der Waals surface area contributed by atoms with Crippen molar-refractivity contribution in [3.8, 4) is 0 Å². The Kier molecular flexibility index (Phi) is 2.21. The van der Waals surface area contributed by atoms with Gasteiger partial charge in [-0.3, -0.25) is 4.79 Å². The fourth-order valence-electron chi connectivity index (χ4n) is 3.95. The number of rotatable bonds is 0. The molecule has 0 aliphatic carbocycles. The Labute approximate surface area is 141 Å². The van der Waals surface area contributed by atoms with Crippen LogP contribution in [0.5, 0.6) is 0 Å². The average Bonchev–Trinajstić information content (AvgIpc) is 3.18. The van der Waals surface area contributed by atoms with Gasteiger partial charge in [-0.25, -0.2) is 0 Å². The lowest BCUT2D eigenvalue weighted by Gasteiger charge is -1.98. The zero-order valence-corrected chi connectivity index (χ0v) is 13.2. The van der Waals surface area contributed by atoms with Gasteiger partial charge >= 0.3 is 0 Å². The summed E-state index contributed by atoms with van der Waals surface area (Å²) in [5.41, 5.74) is 5.01.